The summed E-state index contributed by atoms with van der Waals surface area (Å²) >= 11 is 0. The van der Waals surface area contributed by atoms with Crippen molar-refractivity contribution in [1.82, 2.24) is 19.9 Å². The van der Waals surface area contributed by atoms with Crippen LogP contribution in [0.1, 0.15) is 51.4 Å². The first-order valence-electron chi connectivity index (χ1n) is 8.73. The van der Waals surface area contributed by atoms with Crippen molar-refractivity contribution < 1.29 is 5.11 Å². The van der Waals surface area contributed by atoms with Gasteiger partial charge >= 0.3 is 0 Å². The van der Waals surface area contributed by atoms with Gasteiger partial charge in [-0.2, -0.15) is 0 Å². The molecule has 130 valence electrons. The van der Waals surface area contributed by atoms with Crippen molar-refractivity contribution in [3.05, 3.63) is 47.8 Å². The quantitative estimate of drug-likeness (QED) is 0.917. The van der Waals surface area contributed by atoms with Crippen LogP contribution >= 0.6 is 0 Å². The Morgan fingerprint density at radius 2 is 1.96 bits per heavy atom. The Hall–Kier alpha value is -1.72. The van der Waals surface area contributed by atoms with E-state index in [2.05, 4.69) is 67.2 Å². The number of aliphatic hydroxyl groups is 1. The van der Waals surface area contributed by atoms with Gasteiger partial charge < -0.3 is 5.11 Å². The molecule has 24 heavy (non-hydrogen) atoms. The molecule has 1 aliphatic rings. The van der Waals surface area contributed by atoms with E-state index in [-0.39, 0.29) is 11.5 Å². The predicted molar refractivity (Wildman–Crippen MR) is 94.8 cm³/mol. The summed E-state index contributed by atoms with van der Waals surface area (Å²) in [5.41, 5.74) is 1.17. The lowest BCUT2D eigenvalue weighted by molar-refractivity contribution is 0.0396. The van der Waals surface area contributed by atoms with Gasteiger partial charge in [0.15, 0.2) is 0 Å². The fourth-order valence-electron chi connectivity index (χ4n) is 3.50. The van der Waals surface area contributed by atoms with Crippen molar-refractivity contribution in [3.63, 3.8) is 0 Å². The van der Waals surface area contributed by atoms with Gasteiger partial charge in [-0.25, -0.2) is 4.68 Å². The number of likely N-dealkylation sites (tertiary alicyclic amines) is 1. The lowest BCUT2D eigenvalue weighted by atomic mass is 9.84. The Morgan fingerprint density at radius 1 is 1.25 bits per heavy atom. The molecule has 0 spiro atoms. The largest absolute Gasteiger partial charge is 0.382 e. The fraction of sp³-hybridized carbons (Fsp3) is 0.579. The van der Waals surface area contributed by atoms with Gasteiger partial charge in [0.2, 0.25) is 0 Å². The number of rotatable bonds is 5. The third-order valence-electron chi connectivity index (χ3n) is 5.02. The predicted octanol–water partition coefficient (Wildman–Crippen LogP) is 2.73. The molecule has 1 atom stereocenters. The maximum atomic E-state index is 11.0. The minimum absolute atomic E-state index is 0.0437. The van der Waals surface area contributed by atoms with Crippen LogP contribution in [0.25, 0.3) is 0 Å². The van der Waals surface area contributed by atoms with Crippen LogP contribution in [0, 0.1) is 0 Å². The zero-order valence-corrected chi connectivity index (χ0v) is 15.1. The smallest absolute Gasteiger partial charge is 0.124 e. The van der Waals surface area contributed by atoms with Crippen LogP contribution in [0.5, 0.6) is 0 Å². The molecule has 0 saturated carbocycles. The van der Waals surface area contributed by atoms with Crippen LogP contribution in [0.3, 0.4) is 0 Å². The Labute approximate surface area is 144 Å². The summed E-state index contributed by atoms with van der Waals surface area (Å²) < 4.78 is 1.81. The molecule has 1 aromatic carbocycles. The molecule has 3 rings (SSSR count). The van der Waals surface area contributed by atoms with Gasteiger partial charge in [0.1, 0.15) is 11.3 Å². The average molecular weight is 328 g/mol. The molecule has 1 aliphatic heterocycles. The highest BCUT2D eigenvalue weighted by Crippen LogP contribution is 2.33. The molecule has 0 amide bonds. The molecule has 5 heteroatoms. The summed E-state index contributed by atoms with van der Waals surface area (Å²) in [6.45, 7) is 11.0. The Morgan fingerprint density at radius 3 is 2.58 bits per heavy atom. The molecule has 1 aromatic heterocycles. The first-order valence-corrected chi connectivity index (χ1v) is 8.73. The van der Waals surface area contributed by atoms with Crippen molar-refractivity contribution in [1.29, 1.82) is 0 Å². The van der Waals surface area contributed by atoms with E-state index in [1.54, 1.807) is 0 Å². The van der Waals surface area contributed by atoms with Gasteiger partial charge in [-0.15, -0.1) is 5.10 Å². The first-order chi connectivity index (χ1) is 11.3. The maximum Gasteiger partial charge on any atom is 0.124 e. The molecule has 1 saturated heterocycles. The number of hydrogen-bond donors (Lipinski definition) is 1. The van der Waals surface area contributed by atoms with Gasteiger partial charge in [0.05, 0.1) is 6.20 Å². The van der Waals surface area contributed by atoms with Gasteiger partial charge in [-0.05, 0) is 25.8 Å². The molecule has 1 unspecified atom stereocenters. The number of aromatic nitrogens is 3. The van der Waals surface area contributed by atoms with E-state index in [9.17, 15) is 5.11 Å². The van der Waals surface area contributed by atoms with Crippen LogP contribution in [-0.4, -0.2) is 44.6 Å². The minimum Gasteiger partial charge on any atom is -0.382 e. The maximum absolute atomic E-state index is 11.0. The molecule has 0 aliphatic carbocycles. The van der Waals surface area contributed by atoms with Crippen LogP contribution < -0.4 is 0 Å². The molecule has 2 heterocycles. The van der Waals surface area contributed by atoms with Crippen LogP contribution in [0.2, 0.25) is 0 Å². The minimum atomic E-state index is -0.889. The summed E-state index contributed by atoms with van der Waals surface area (Å²) in [6.07, 6.45) is 2.59. The summed E-state index contributed by atoms with van der Waals surface area (Å²) in [4.78, 5) is 2.33. The third-order valence-corrected chi connectivity index (χ3v) is 5.02. The molecule has 0 radical (unpaired) electrons. The lowest BCUT2D eigenvalue weighted by Crippen LogP contribution is -2.38. The molecular weight excluding hydrogens is 300 g/mol. The van der Waals surface area contributed by atoms with Gasteiger partial charge in [-0.3, -0.25) is 4.90 Å². The SMILES string of the molecule is CC(C)n1cc(C2(O)CCN(CC(C)(C)c3ccccc3)C2)nn1. The second kappa shape index (κ2) is 6.30. The highest BCUT2D eigenvalue weighted by atomic mass is 16.3. The summed E-state index contributed by atoms with van der Waals surface area (Å²) in [7, 11) is 0. The molecule has 1 N–H and O–H groups in total. The number of benzene rings is 1. The summed E-state index contributed by atoms with van der Waals surface area (Å²) in [6, 6.07) is 10.8. The highest BCUT2D eigenvalue weighted by molar-refractivity contribution is 5.24. The zero-order valence-electron chi connectivity index (χ0n) is 15.1. The summed E-state index contributed by atoms with van der Waals surface area (Å²) in [5, 5.41) is 19.4. The van der Waals surface area contributed by atoms with Crippen LogP contribution in [0.15, 0.2) is 36.5 Å². The molecule has 1 fully saturated rings. The van der Waals surface area contributed by atoms with Crippen molar-refractivity contribution >= 4 is 0 Å². The lowest BCUT2D eigenvalue weighted by Gasteiger charge is -2.31. The van der Waals surface area contributed by atoms with Gasteiger partial charge in [-0.1, -0.05) is 49.4 Å². The van der Waals surface area contributed by atoms with E-state index in [4.69, 9.17) is 0 Å². The van der Waals surface area contributed by atoms with Gasteiger partial charge in [0, 0.05) is 31.1 Å². The molecule has 5 nitrogen and oxygen atoms in total. The standard InChI is InChI=1S/C19H28N4O/c1-15(2)23-12-17(20-21-23)19(24)10-11-22(14-19)13-18(3,4)16-8-6-5-7-9-16/h5-9,12,15,24H,10-11,13-14H2,1-4H3. The van der Waals surface area contributed by atoms with E-state index >= 15 is 0 Å². The van der Waals surface area contributed by atoms with Crippen molar-refractivity contribution in [2.45, 2.75) is 51.2 Å². The number of nitrogens with zero attached hydrogens (tertiary/aromatic N) is 4. The Kier molecular flexibility index (Phi) is 4.49. The van der Waals surface area contributed by atoms with E-state index < -0.39 is 5.60 Å². The van der Waals surface area contributed by atoms with E-state index in [0.29, 0.717) is 18.7 Å². The normalized spacial score (nSPS) is 22.4. The van der Waals surface area contributed by atoms with E-state index in [0.717, 1.165) is 13.1 Å². The Balaban J connectivity index is 1.70. The van der Waals surface area contributed by atoms with Crippen molar-refractivity contribution in [2.24, 2.45) is 0 Å². The fourth-order valence-corrected chi connectivity index (χ4v) is 3.50. The van der Waals surface area contributed by atoms with Gasteiger partial charge in [0.25, 0.3) is 0 Å². The third kappa shape index (κ3) is 3.37. The first kappa shape index (κ1) is 17.1. The second-order valence-corrected chi connectivity index (χ2v) is 7.92. The average Bonchev–Trinajstić information content (AvgIpc) is 3.16. The van der Waals surface area contributed by atoms with Crippen molar-refractivity contribution in [2.75, 3.05) is 19.6 Å². The van der Waals surface area contributed by atoms with E-state index in [1.807, 2.05) is 16.9 Å². The highest BCUT2D eigenvalue weighted by Gasteiger charge is 2.41. The number of β-amino-alcohol motifs (C(OH)–C–C–N with tert-alkyl or cyclic N) is 1. The topological polar surface area (TPSA) is 54.2 Å². The molecule has 2 aromatic rings. The number of hydrogen-bond acceptors (Lipinski definition) is 4. The Bertz CT molecular complexity index is 680. The molecule has 0 bridgehead atoms. The van der Waals surface area contributed by atoms with Crippen LogP contribution in [-0.2, 0) is 11.0 Å². The van der Waals surface area contributed by atoms with E-state index in [1.165, 1.54) is 5.56 Å². The monoisotopic (exact) mass is 328 g/mol. The van der Waals surface area contributed by atoms with Crippen LogP contribution in [0.4, 0.5) is 0 Å². The second-order valence-electron chi connectivity index (χ2n) is 7.92. The zero-order chi connectivity index (χ0) is 17.4. The molecular formula is C19H28N4O. The van der Waals surface area contributed by atoms with Crippen molar-refractivity contribution in [3.8, 4) is 0 Å². The summed E-state index contributed by atoms with van der Waals surface area (Å²) in [5.74, 6) is 0.